The summed E-state index contributed by atoms with van der Waals surface area (Å²) in [6.07, 6.45) is 2.51. The molecule has 1 aromatic carbocycles. The summed E-state index contributed by atoms with van der Waals surface area (Å²) in [6.45, 7) is 2.64. The molecule has 1 aliphatic rings. The van der Waals surface area contributed by atoms with Crippen LogP contribution in [-0.2, 0) is 11.2 Å². The quantitative estimate of drug-likeness (QED) is 0.797. The van der Waals surface area contributed by atoms with Gasteiger partial charge in [-0.25, -0.2) is 0 Å². The molecule has 0 radical (unpaired) electrons. The fourth-order valence-corrected chi connectivity index (χ4v) is 2.61. The molecular formula is C16H24N2O3. The fourth-order valence-electron chi connectivity index (χ4n) is 2.61. The molecule has 2 N–H and O–H groups in total. The van der Waals surface area contributed by atoms with Gasteiger partial charge in [-0.05, 0) is 49.5 Å². The van der Waals surface area contributed by atoms with Crippen molar-refractivity contribution in [3.63, 3.8) is 0 Å². The van der Waals surface area contributed by atoms with Crippen LogP contribution in [0.5, 0.6) is 11.5 Å². The number of carbonyl (C=O) groups is 1. The average Bonchev–Trinajstić information content (AvgIpc) is 2.99. The Morgan fingerprint density at radius 2 is 2.14 bits per heavy atom. The lowest BCUT2D eigenvalue weighted by Crippen LogP contribution is -2.28. The number of hydrogen-bond donors (Lipinski definition) is 2. The highest BCUT2D eigenvalue weighted by molar-refractivity contribution is 5.76. The Bertz CT molecular complexity index is 471. The van der Waals surface area contributed by atoms with E-state index in [0.29, 0.717) is 18.9 Å². The molecule has 116 valence electrons. The van der Waals surface area contributed by atoms with Crippen LogP contribution in [-0.4, -0.2) is 39.8 Å². The maximum atomic E-state index is 11.8. The SMILES string of the molecule is COc1ccc(CCNC(=O)CC2CCNC2)cc1OC. The average molecular weight is 292 g/mol. The second kappa shape index (κ2) is 7.88. The molecule has 0 bridgehead atoms. The monoisotopic (exact) mass is 292 g/mol. The van der Waals surface area contributed by atoms with Crippen LogP contribution in [0.15, 0.2) is 18.2 Å². The molecular weight excluding hydrogens is 268 g/mol. The van der Waals surface area contributed by atoms with Gasteiger partial charge < -0.3 is 20.1 Å². The van der Waals surface area contributed by atoms with Crippen LogP contribution in [0.3, 0.4) is 0 Å². The molecule has 1 fully saturated rings. The topological polar surface area (TPSA) is 59.6 Å². The second-order valence-corrected chi connectivity index (χ2v) is 5.35. The number of ether oxygens (including phenoxy) is 2. The third-order valence-corrected chi connectivity index (χ3v) is 3.82. The smallest absolute Gasteiger partial charge is 0.220 e. The highest BCUT2D eigenvalue weighted by Gasteiger charge is 2.17. The van der Waals surface area contributed by atoms with E-state index in [-0.39, 0.29) is 5.91 Å². The Labute approximate surface area is 126 Å². The Morgan fingerprint density at radius 3 is 2.81 bits per heavy atom. The van der Waals surface area contributed by atoms with Gasteiger partial charge in [-0.1, -0.05) is 6.07 Å². The van der Waals surface area contributed by atoms with Gasteiger partial charge in [0.25, 0.3) is 0 Å². The van der Waals surface area contributed by atoms with Gasteiger partial charge in [0.05, 0.1) is 14.2 Å². The summed E-state index contributed by atoms with van der Waals surface area (Å²) in [7, 11) is 3.24. The molecule has 0 aromatic heterocycles. The van der Waals surface area contributed by atoms with Crippen molar-refractivity contribution in [2.45, 2.75) is 19.3 Å². The van der Waals surface area contributed by atoms with E-state index in [1.807, 2.05) is 18.2 Å². The number of methoxy groups -OCH3 is 2. The third-order valence-electron chi connectivity index (χ3n) is 3.82. The lowest BCUT2D eigenvalue weighted by Gasteiger charge is -2.11. The van der Waals surface area contributed by atoms with Crippen molar-refractivity contribution in [1.29, 1.82) is 0 Å². The number of amides is 1. The van der Waals surface area contributed by atoms with Crippen LogP contribution in [0.1, 0.15) is 18.4 Å². The number of hydrogen-bond acceptors (Lipinski definition) is 4. The lowest BCUT2D eigenvalue weighted by atomic mass is 10.0. The summed E-state index contributed by atoms with van der Waals surface area (Å²) in [5.74, 6) is 2.08. The van der Waals surface area contributed by atoms with E-state index in [2.05, 4.69) is 10.6 Å². The maximum absolute atomic E-state index is 11.8. The highest BCUT2D eigenvalue weighted by atomic mass is 16.5. The molecule has 2 rings (SSSR count). The molecule has 1 heterocycles. The van der Waals surface area contributed by atoms with Gasteiger partial charge in [0.2, 0.25) is 5.91 Å². The van der Waals surface area contributed by atoms with Crippen LogP contribution in [0, 0.1) is 5.92 Å². The first-order chi connectivity index (χ1) is 10.2. The van der Waals surface area contributed by atoms with Gasteiger partial charge >= 0.3 is 0 Å². The minimum Gasteiger partial charge on any atom is -0.493 e. The van der Waals surface area contributed by atoms with E-state index in [1.54, 1.807) is 14.2 Å². The Kier molecular flexibility index (Phi) is 5.87. The maximum Gasteiger partial charge on any atom is 0.220 e. The zero-order valence-electron chi connectivity index (χ0n) is 12.8. The van der Waals surface area contributed by atoms with Gasteiger partial charge in [0.15, 0.2) is 11.5 Å². The Morgan fingerprint density at radius 1 is 1.33 bits per heavy atom. The predicted octanol–water partition coefficient (Wildman–Crippen LogP) is 1.36. The van der Waals surface area contributed by atoms with Crippen LogP contribution < -0.4 is 20.1 Å². The van der Waals surface area contributed by atoms with Crippen molar-refractivity contribution in [2.24, 2.45) is 5.92 Å². The van der Waals surface area contributed by atoms with Crippen molar-refractivity contribution >= 4 is 5.91 Å². The molecule has 0 aliphatic carbocycles. The van der Waals surface area contributed by atoms with Crippen LogP contribution in [0.4, 0.5) is 0 Å². The fraction of sp³-hybridized carbons (Fsp3) is 0.562. The molecule has 1 aromatic rings. The van der Waals surface area contributed by atoms with Crippen molar-refractivity contribution in [3.05, 3.63) is 23.8 Å². The molecule has 1 unspecified atom stereocenters. The number of carbonyl (C=O) groups excluding carboxylic acids is 1. The van der Waals surface area contributed by atoms with Gasteiger partial charge in [0, 0.05) is 13.0 Å². The second-order valence-electron chi connectivity index (χ2n) is 5.35. The van der Waals surface area contributed by atoms with Gasteiger partial charge in [-0.2, -0.15) is 0 Å². The summed E-state index contributed by atoms with van der Waals surface area (Å²) in [5, 5.41) is 6.26. The van der Waals surface area contributed by atoms with Gasteiger partial charge in [0.1, 0.15) is 0 Å². The van der Waals surface area contributed by atoms with E-state index >= 15 is 0 Å². The summed E-state index contributed by atoms with van der Waals surface area (Å²) in [6, 6.07) is 5.83. The highest BCUT2D eigenvalue weighted by Crippen LogP contribution is 2.27. The molecule has 5 nitrogen and oxygen atoms in total. The van der Waals surface area contributed by atoms with Crippen molar-refractivity contribution in [3.8, 4) is 11.5 Å². The van der Waals surface area contributed by atoms with E-state index in [1.165, 1.54) is 0 Å². The van der Waals surface area contributed by atoms with Crippen LogP contribution in [0.2, 0.25) is 0 Å². The van der Waals surface area contributed by atoms with Crippen molar-refractivity contribution < 1.29 is 14.3 Å². The normalized spacial score (nSPS) is 17.5. The number of benzene rings is 1. The molecule has 5 heteroatoms. The molecule has 0 spiro atoms. The summed E-state index contributed by atoms with van der Waals surface area (Å²) >= 11 is 0. The minimum atomic E-state index is 0.143. The van der Waals surface area contributed by atoms with Gasteiger partial charge in [-0.15, -0.1) is 0 Å². The molecule has 1 amide bonds. The van der Waals surface area contributed by atoms with E-state index in [9.17, 15) is 4.79 Å². The standard InChI is InChI=1S/C16H24N2O3/c1-20-14-4-3-12(9-15(14)21-2)6-8-18-16(19)10-13-5-7-17-11-13/h3-4,9,13,17H,5-8,10-11H2,1-2H3,(H,18,19). The number of rotatable bonds is 7. The third kappa shape index (κ3) is 4.63. The largest absolute Gasteiger partial charge is 0.493 e. The summed E-state index contributed by atoms with van der Waals surface area (Å²) < 4.78 is 10.5. The summed E-state index contributed by atoms with van der Waals surface area (Å²) in [5.41, 5.74) is 1.12. The van der Waals surface area contributed by atoms with Crippen molar-refractivity contribution in [2.75, 3.05) is 33.9 Å². The van der Waals surface area contributed by atoms with Crippen LogP contribution in [0.25, 0.3) is 0 Å². The van der Waals surface area contributed by atoms with Crippen LogP contribution >= 0.6 is 0 Å². The summed E-state index contributed by atoms with van der Waals surface area (Å²) in [4.78, 5) is 11.8. The van der Waals surface area contributed by atoms with E-state index in [4.69, 9.17) is 9.47 Å². The van der Waals surface area contributed by atoms with Crippen molar-refractivity contribution in [1.82, 2.24) is 10.6 Å². The molecule has 1 saturated heterocycles. The predicted molar refractivity (Wildman–Crippen MR) is 81.9 cm³/mol. The first-order valence-corrected chi connectivity index (χ1v) is 7.41. The first-order valence-electron chi connectivity index (χ1n) is 7.41. The van der Waals surface area contributed by atoms with E-state index in [0.717, 1.165) is 43.0 Å². The Hall–Kier alpha value is -1.75. The number of nitrogens with one attached hydrogen (secondary N) is 2. The van der Waals surface area contributed by atoms with E-state index < -0.39 is 0 Å². The molecule has 21 heavy (non-hydrogen) atoms. The molecule has 1 atom stereocenters. The molecule has 0 saturated carbocycles. The minimum absolute atomic E-state index is 0.143. The lowest BCUT2D eigenvalue weighted by molar-refractivity contribution is -0.121. The molecule has 1 aliphatic heterocycles. The Balaban J connectivity index is 1.76. The first kappa shape index (κ1) is 15.6. The zero-order chi connectivity index (χ0) is 15.1. The van der Waals surface area contributed by atoms with Gasteiger partial charge in [-0.3, -0.25) is 4.79 Å². The zero-order valence-corrected chi connectivity index (χ0v) is 12.8.